The molecule has 2 aromatic carbocycles. The highest BCUT2D eigenvalue weighted by molar-refractivity contribution is 6.30. The van der Waals surface area contributed by atoms with Crippen molar-refractivity contribution in [3.8, 4) is 17.1 Å². The number of carbonyl (C=O) groups is 1. The minimum Gasteiger partial charge on any atom is -0.494 e. The van der Waals surface area contributed by atoms with Gasteiger partial charge in [-0.05, 0) is 25.5 Å². The van der Waals surface area contributed by atoms with Crippen molar-refractivity contribution in [1.82, 2.24) is 4.98 Å². The zero-order chi connectivity index (χ0) is 16.8. The van der Waals surface area contributed by atoms with Crippen LogP contribution in [0.5, 0.6) is 5.88 Å². The van der Waals surface area contributed by atoms with Crippen LogP contribution in [0.3, 0.4) is 0 Å². The van der Waals surface area contributed by atoms with Gasteiger partial charge in [0, 0.05) is 5.56 Å². The first kappa shape index (κ1) is 14.5. The third-order valence-electron chi connectivity index (χ3n) is 4.28. The number of benzene rings is 2. The molecule has 4 nitrogen and oxygen atoms in total. The van der Waals surface area contributed by atoms with Crippen molar-refractivity contribution >= 4 is 11.6 Å². The molecule has 1 amide bonds. The highest BCUT2D eigenvalue weighted by Gasteiger charge is 2.33. The summed E-state index contributed by atoms with van der Waals surface area (Å²) in [7, 11) is 0. The van der Waals surface area contributed by atoms with E-state index in [0.29, 0.717) is 22.5 Å². The Labute approximate surface area is 139 Å². The molecule has 0 bridgehead atoms. The van der Waals surface area contributed by atoms with Crippen LogP contribution in [0.4, 0.5) is 0 Å². The SMILES string of the molecule is Cc1ccc(C2=NC(=O)c3c(-c4cccc(C)c4)[nH]c(O)c32)cc1. The number of nitrogens with zero attached hydrogens (tertiary/aromatic N) is 1. The van der Waals surface area contributed by atoms with Gasteiger partial charge >= 0.3 is 0 Å². The molecule has 118 valence electrons. The minimum atomic E-state index is -0.325. The van der Waals surface area contributed by atoms with Gasteiger partial charge in [0.2, 0.25) is 0 Å². The van der Waals surface area contributed by atoms with Gasteiger partial charge in [0.1, 0.15) is 0 Å². The lowest BCUT2D eigenvalue weighted by atomic mass is 9.99. The van der Waals surface area contributed by atoms with Gasteiger partial charge in [-0.1, -0.05) is 53.6 Å². The maximum Gasteiger partial charge on any atom is 0.280 e. The van der Waals surface area contributed by atoms with E-state index in [1.54, 1.807) is 0 Å². The molecule has 2 heterocycles. The normalized spacial score (nSPS) is 13.1. The van der Waals surface area contributed by atoms with Crippen molar-refractivity contribution in [2.75, 3.05) is 0 Å². The fourth-order valence-corrected chi connectivity index (χ4v) is 3.08. The zero-order valence-corrected chi connectivity index (χ0v) is 13.4. The molecule has 1 aliphatic heterocycles. The van der Waals surface area contributed by atoms with Gasteiger partial charge in [-0.25, -0.2) is 4.99 Å². The Kier molecular flexibility index (Phi) is 3.13. The number of aromatic nitrogens is 1. The number of aryl methyl sites for hydroxylation is 2. The first-order valence-corrected chi connectivity index (χ1v) is 7.77. The van der Waals surface area contributed by atoms with Gasteiger partial charge in [0.15, 0.2) is 5.88 Å². The molecule has 0 aliphatic carbocycles. The van der Waals surface area contributed by atoms with Gasteiger partial charge < -0.3 is 10.1 Å². The number of rotatable bonds is 2. The van der Waals surface area contributed by atoms with E-state index in [1.807, 2.05) is 62.4 Å². The number of H-pyrrole nitrogens is 1. The Bertz CT molecular complexity index is 995. The largest absolute Gasteiger partial charge is 0.494 e. The van der Waals surface area contributed by atoms with Crippen LogP contribution in [0.2, 0.25) is 0 Å². The van der Waals surface area contributed by atoms with Crippen molar-refractivity contribution in [3.05, 3.63) is 76.3 Å². The van der Waals surface area contributed by atoms with Gasteiger partial charge in [0.05, 0.1) is 22.5 Å². The number of aliphatic imine (C=N–C) groups is 1. The van der Waals surface area contributed by atoms with E-state index < -0.39 is 0 Å². The predicted octanol–water partition coefficient (Wildman–Crippen LogP) is 4.00. The maximum absolute atomic E-state index is 12.5. The average Bonchev–Trinajstić information content (AvgIpc) is 3.08. The van der Waals surface area contributed by atoms with E-state index in [-0.39, 0.29) is 11.8 Å². The molecule has 4 heteroatoms. The van der Waals surface area contributed by atoms with Crippen molar-refractivity contribution < 1.29 is 9.90 Å². The molecule has 0 fully saturated rings. The number of aromatic hydroxyl groups is 1. The van der Waals surface area contributed by atoms with E-state index in [0.717, 1.165) is 22.3 Å². The smallest absolute Gasteiger partial charge is 0.280 e. The van der Waals surface area contributed by atoms with Crippen LogP contribution in [-0.2, 0) is 0 Å². The fraction of sp³-hybridized carbons (Fsp3) is 0.100. The molecular formula is C20H16N2O2. The molecule has 2 N–H and O–H groups in total. The second kappa shape index (κ2) is 5.20. The van der Waals surface area contributed by atoms with Crippen LogP contribution in [0, 0.1) is 13.8 Å². The number of amides is 1. The molecule has 0 spiro atoms. The number of hydrogen-bond acceptors (Lipinski definition) is 2. The number of nitrogens with one attached hydrogen (secondary N) is 1. The third-order valence-corrected chi connectivity index (χ3v) is 4.28. The van der Waals surface area contributed by atoms with Crippen LogP contribution in [0.1, 0.15) is 32.6 Å². The van der Waals surface area contributed by atoms with Gasteiger partial charge in [0.25, 0.3) is 5.91 Å². The molecule has 0 saturated carbocycles. The average molecular weight is 316 g/mol. The Balaban J connectivity index is 1.89. The first-order chi connectivity index (χ1) is 11.5. The molecule has 1 aromatic heterocycles. The van der Waals surface area contributed by atoms with E-state index in [1.165, 1.54) is 0 Å². The molecule has 3 aromatic rings. The summed E-state index contributed by atoms with van der Waals surface area (Å²) in [6, 6.07) is 15.6. The van der Waals surface area contributed by atoms with Crippen molar-refractivity contribution in [2.24, 2.45) is 4.99 Å². The van der Waals surface area contributed by atoms with Gasteiger partial charge in [-0.3, -0.25) is 4.79 Å². The van der Waals surface area contributed by atoms with Crippen LogP contribution in [0.25, 0.3) is 11.3 Å². The summed E-state index contributed by atoms with van der Waals surface area (Å²) in [6.07, 6.45) is 0. The summed E-state index contributed by atoms with van der Waals surface area (Å²) < 4.78 is 0. The third kappa shape index (κ3) is 2.15. The van der Waals surface area contributed by atoms with E-state index in [9.17, 15) is 9.90 Å². The van der Waals surface area contributed by atoms with E-state index in [2.05, 4.69) is 9.98 Å². The monoisotopic (exact) mass is 316 g/mol. The van der Waals surface area contributed by atoms with Crippen LogP contribution < -0.4 is 0 Å². The Morgan fingerprint density at radius 3 is 2.38 bits per heavy atom. The lowest BCUT2D eigenvalue weighted by Crippen LogP contribution is -1.99. The lowest BCUT2D eigenvalue weighted by Gasteiger charge is -2.01. The maximum atomic E-state index is 12.5. The van der Waals surface area contributed by atoms with Gasteiger partial charge in [-0.2, -0.15) is 0 Å². The van der Waals surface area contributed by atoms with Crippen molar-refractivity contribution in [3.63, 3.8) is 0 Å². The van der Waals surface area contributed by atoms with Gasteiger partial charge in [-0.15, -0.1) is 0 Å². The lowest BCUT2D eigenvalue weighted by molar-refractivity contribution is 0.101. The van der Waals surface area contributed by atoms with Crippen LogP contribution in [-0.4, -0.2) is 21.7 Å². The number of carbonyl (C=O) groups excluding carboxylic acids is 1. The van der Waals surface area contributed by atoms with E-state index in [4.69, 9.17) is 0 Å². The highest BCUT2D eigenvalue weighted by atomic mass is 16.3. The molecule has 0 saturated heterocycles. The highest BCUT2D eigenvalue weighted by Crippen LogP contribution is 2.38. The number of aromatic amines is 1. The minimum absolute atomic E-state index is 0.0216. The number of hydrogen-bond donors (Lipinski definition) is 2. The topological polar surface area (TPSA) is 65.5 Å². The molecule has 0 atom stereocenters. The Morgan fingerprint density at radius 2 is 1.67 bits per heavy atom. The zero-order valence-electron chi connectivity index (χ0n) is 13.4. The molecular weight excluding hydrogens is 300 g/mol. The molecule has 0 radical (unpaired) electrons. The predicted molar refractivity (Wildman–Crippen MR) is 93.8 cm³/mol. The fourth-order valence-electron chi connectivity index (χ4n) is 3.08. The summed E-state index contributed by atoms with van der Waals surface area (Å²) in [4.78, 5) is 19.6. The Morgan fingerprint density at radius 1 is 0.917 bits per heavy atom. The van der Waals surface area contributed by atoms with Crippen LogP contribution >= 0.6 is 0 Å². The quantitative estimate of drug-likeness (QED) is 0.750. The molecule has 24 heavy (non-hydrogen) atoms. The summed E-state index contributed by atoms with van der Waals surface area (Å²) in [5.41, 5.74) is 5.94. The molecule has 0 unspecified atom stereocenters. The number of fused-ring (bicyclic) bond motifs is 1. The Hall–Kier alpha value is -3.14. The van der Waals surface area contributed by atoms with Crippen molar-refractivity contribution in [2.45, 2.75) is 13.8 Å². The molecule has 1 aliphatic rings. The van der Waals surface area contributed by atoms with E-state index >= 15 is 0 Å². The molecule has 4 rings (SSSR count). The second-order valence-corrected chi connectivity index (χ2v) is 6.10. The standard InChI is InChI=1S/C20H16N2O2/c1-11-6-8-13(9-7-11)17-15-16(20(24)21-17)18(22-19(15)23)14-5-3-4-12(2)10-14/h3-10,22-23H,1-2H3. The summed E-state index contributed by atoms with van der Waals surface area (Å²) in [5, 5.41) is 10.4. The van der Waals surface area contributed by atoms with Crippen LogP contribution in [0.15, 0.2) is 53.5 Å². The summed E-state index contributed by atoms with van der Waals surface area (Å²) >= 11 is 0. The van der Waals surface area contributed by atoms with Crippen molar-refractivity contribution in [1.29, 1.82) is 0 Å². The summed E-state index contributed by atoms with van der Waals surface area (Å²) in [5.74, 6) is -0.347. The second-order valence-electron chi connectivity index (χ2n) is 6.10. The summed E-state index contributed by atoms with van der Waals surface area (Å²) in [6.45, 7) is 3.99. The first-order valence-electron chi connectivity index (χ1n) is 7.77.